The van der Waals surface area contributed by atoms with Gasteiger partial charge in [-0.1, -0.05) is 15.9 Å². The van der Waals surface area contributed by atoms with Crippen LogP contribution in [0.5, 0.6) is 5.75 Å². The van der Waals surface area contributed by atoms with E-state index < -0.39 is 5.60 Å². The molecule has 1 N–H and O–H groups in total. The summed E-state index contributed by atoms with van der Waals surface area (Å²) in [5.74, 6) is 0.850. The Hall–Kier alpha value is -3.19. The highest BCUT2D eigenvalue weighted by Gasteiger charge is 2.30. The summed E-state index contributed by atoms with van der Waals surface area (Å²) in [6.07, 6.45) is 1.67. The summed E-state index contributed by atoms with van der Waals surface area (Å²) in [5, 5.41) is 2.88. The van der Waals surface area contributed by atoms with Crippen LogP contribution < -0.4 is 10.1 Å². The lowest BCUT2D eigenvalue weighted by Crippen LogP contribution is -2.42. The molecule has 7 heteroatoms. The SMILES string of the molecule is CC(C)(Oc1ccc(Br)cc1)C(=O)Nc1ccc(-c2nc3ncccc3o2)cc1. The average Bonchev–Trinajstić information content (AvgIpc) is 3.14. The largest absolute Gasteiger partial charge is 0.478 e. The van der Waals surface area contributed by atoms with Crippen LogP contribution in [0.1, 0.15) is 13.8 Å². The molecule has 0 bridgehead atoms. The summed E-state index contributed by atoms with van der Waals surface area (Å²) >= 11 is 3.38. The van der Waals surface area contributed by atoms with E-state index in [2.05, 4.69) is 31.2 Å². The lowest BCUT2D eigenvalue weighted by atomic mass is 10.1. The van der Waals surface area contributed by atoms with Crippen molar-refractivity contribution in [3.8, 4) is 17.2 Å². The molecule has 146 valence electrons. The van der Waals surface area contributed by atoms with Gasteiger partial charge in [-0.25, -0.2) is 4.98 Å². The monoisotopic (exact) mass is 451 g/mol. The number of carbonyl (C=O) groups excluding carboxylic acids is 1. The third kappa shape index (κ3) is 4.30. The molecule has 0 spiro atoms. The van der Waals surface area contributed by atoms with Gasteiger partial charge in [-0.15, -0.1) is 0 Å². The number of fused-ring (bicyclic) bond motifs is 1. The van der Waals surface area contributed by atoms with Crippen LogP contribution in [0.25, 0.3) is 22.7 Å². The number of hydrogen-bond acceptors (Lipinski definition) is 5. The molecule has 6 nitrogen and oxygen atoms in total. The lowest BCUT2D eigenvalue weighted by Gasteiger charge is -2.25. The van der Waals surface area contributed by atoms with Crippen molar-refractivity contribution in [1.82, 2.24) is 9.97 Å². The normalized spacial score (nSPS) is 11.4. The fourth-order valence-corrected chi connectivity index (χ4v) is 2.98. The third-order valence-electron chi connectivity index (χ3n) is 4.29. The Balaban J connectivity index is 1.46. The Morgan fingerprint density at radius 1 is 1.07 bits per heavy atom. The van der Waals surface area contributed by atoms with Crippen molar-refractivity contribution in [2.24, 2.45) is 0 Å². The van der Waals surface area contributed by atoms with E-state index in [0.717, 1.165) is 10.0 Å². The highest BCUT2D eigenvalue weighted by atomic mass is 79.9. The number of nitrogens with one attached hydrogen (secondary N) is 1. The van der Waals surface area contributed by atoms with Crippen LogP contribution in [0.2, 0.25) is 0 Å². The molecule has 0 unspecified atom stereocenters. The minimum absolute atomic E-state index is 0.251. The average molecular weight is 452 g/mol. The molecule has 0 aliphatic carbocycles. The first-order chi connectivity index (χ1) is 13.9. The van der Waals surface area contributed by atoms with Gasteiger partial charge in [-0.05, 0) is 74.5 Å². The second-order valence-electron chi connectivity index (χ2n) is 6.94. The van der Waals surface area contributed by atoms with Crippen molar-refractivity contribution in [3.05, 3.63) is 71.3 Å². The Kier molecular flexibility index (Phi) is 5.07. The predicted octanol–water partition coefficient (Wildman–Crippen LogP) is 5.45. The number of nitrogens with zero attached hydrogens (tertiary/aromatic N) is 2. The molecule has 0 radical (unpaired) electrons. The molecule has 1 amide bonds. The maximum absolute atomic E-state index is 12.7. The first-order valence-corrected chi connectivity index (χ1v) is 9.78. The van der Waals surface area contributed by atoms with E-state index in [4.69, 9.17) is 9.15 Å². The summed E-state index contributed by atoms with van der Waals surface area (Å²) in [5.41, 5.74) is 1.60. The topological polar surface area (TPSA) is 77.2 Å². The molecule has 29 heavy (non-hydrogen) atoms. The van der Waals surface area contributed by atoms with Crippen LogP contribution in [-0.4, -0.2) is 21.5 Å². The Bertz CT molecular complexity index is 1120. The highest BCUT2D eigenvalue weighted by Crippen LogP contribution is 2.26. The van der Waals surface area contributed by atoms with E-state index in [0.29, 0.717) is 28.6 Å². The van der Waals surface area contributed by atoms with Gasteiger partial charge < -0.3 is 14.5 Å². The Morgan fingerprint density at radius 2 is 1.79 bits per heavy atom. The van der Waals surface area contributed by atoms with Crippen molar-refractivity contribution in [2.45, 2.75) is 19.4 Å². The van der Waals surface area contributed by atoms with Crippen molar-refractivity contribution < 1.29 is 13.9 Å². The molecular formula is C22H18BrN3O3. The van der Waals surface area contributed by atoms with Crippen LogP contribution in [0.3, 0.4) is 0 Å². The number of carbonyl (C=O) groups is 1. The van der Waals surface area contributed by atoms with E-state index in [9.17, 15) is 4.79 Å². The van der Waals surface area contributed by atoms with Gasteiger partial charge in [0.05, 0.1) is 0 Å². The molecule has 0 saturated heterocycles. The standard InChI is InChI=1S/C22H18BrN3O3/c1-22(2,29-17-11-7-15(23)8-12-17)21(27)25-16-9-5-14(6-10-16)20-26-19-18(28-20)4-3-13-24-19/h3-13H,1-2H3,(H,25,27). The van der Waals surface area contributed by atoms with Crippen LogP contribution in [-0.2, 0) is 4.79 Å². The summed E-state index contributed by atoms with van der Waals surface area (Å²) in [6, 6.07) is 18.2. The number of amides is 1. The maximum Gasteiger partial charge on any atom is 0.267 e. The molecule has 0 aliphatic heterocycles. The number of anilines is 1. The van der Waals surface area contributed by atoms with E-state index in [-0.39, 0.29) is 5.91 Å². The zero-order valence-corrected chi connectivity index (χ0v) is 17.4. The molecule has 0 atom stereocenters. The minimum atomic E-state index is -1.04. The van der Waals surface area contributed by atoms with Gasteiger partial charge in [0.1, 0.15) is 5.75 Å². The number of oxazole rings is 1. The van der Waals surface area contributed by atoms with Crippen LogP contribution in [0.15, 0.2) is 75.8 Å². The van der Waals surface area contributed by atoms with Gasteiger partial charge in [0.15, 0.2) is 16.8 Å². The van der Waals surface area contributed by atoms with Gasteiger partial charge in [-0.2, -0.15) is 4.98 Å². The van der Waals surface area contributed by atoms with Gasteiger partial charge >= 0.3 is 0 Å². The summed E-state index contributed by atoms with van der Waals surface area (Å²) in [7, 11) is 0. The Labute approximate surface area is 176 Å². The van der Waals surface area contributed by atoms with E-state index in [1.165, 1.54) is 0 Å². The van der Waals surface area contributed by atoms with Gasteiger partial charge in [-0.3, -0.25) is 4.79 Å². The van der Waals surface area contributed by atoms with Gasteiger partial charge in [0.2, 0.25) is 5.89 Å². The molecule has 2 aromatic heterocycles. The highest BCUT2D eigenvalue weighted by molar-refractivity contribution is 9.10. The molecule has 2 aromatic carbocycles. The summed E-state index contributed by atoms with van der Waals surface area (Å²) < 4.78 is 12.5. The zero-order valence-electron chi connectivity index (χ0n) is 15.8. The van der Waals surface area contributed by atoms with Crippen molar-refractivity contribution in [1.29, 1.82) is 0 Å². The maximum atomic E-state index is 12.7. The number of halogens is 1. The molecule has 0 aliphatic rings. The Morgan fingerprint density at radius 3 is 2.48 bits per heavy atom. The third-order valence-corrected chi connectivity index (χ3v) is 4.82. The summed E-state index contributed by atoms with van der Waals surface area (Å²) in [4.78, 5) is 21.2. The van der Waals surface area contributed by atoms with Crippen molar-refractivity contribution in [2.75, 3.05) is 5.32 Å². The molecule has 2 heterocycles. The second-order valence-corrected chi connectivity index (χ2v) is 7.86. The smallest absolute Gasteiger partial charge is 0.267 e. The first kappa shape index (κ1) is 19.1. The van der Waals surface area contributed by atoms with E-state index in [1.807, 2.05) is 42.5 Å². The number of benzene rings is 2. The number of aromatic nitrogens is 2. The number of pyridine rings is 1. The fourth-order valence-electron chi connectivity index (χ4n) is 2.71. The number of rotatable bonds is 5. The van der Waals surface area contributed by atoms with Crippen LogP contribution in [0, 0.1) is 0 Å². The van der Waals surface area contributed by atoms with Crippen LogP contribution >= 0.6 is 15.9 Å². The van der Waals surface area contributed by atoms with Crippen molar-refractivity contribution >= 4 is 38.8 Å². The zero-order chi connectivity index (χ0) is 20.4. The number of hydrogen-bond donors (Lipinski definition) is 1. The molecule has 0 saturated carbocycles. The summed E-state index contributed by atoms with van der Waals surface area (Å²) in [6.45, 7) is 3.45. The lowest BCUT2D eigenvalue weighted by molar-refractivity contribution is -0.128. The van der Waals surface area contributed by atoms with E-state index in [1.54, 1.807) is 38.2 Å². The predicted molar refractivity (Wildman–Crippen MR) is 115 cm³/mol. The van der Waals surface area contributed by atoms with Crippen molar-refractivity contribution in [3.63, 3.8) is 0 Å². The molecule has 4 rings (SSSR count). The molecular weight excluding hydrogens is 434 g/mol. The van der Waals surface area contributed by atoms with Gasteiger partial charge in [0, 0.05) is 21.9 Å². The van der Waals surface area contributed by atoms with E-state index >= 15 is 0 Å². The fraction of sp³-hybridized carbons (Fsp3) is 0.136. The number of ether oxygens (including phenoxy) is 1. The molecule has 0 fully saturated rings. The van der Waals surface area contributed by atoms with Crippen LogP contribution in [0.4, 0.5) is 5.69 Å². The quantitative estimate of drug-likeness (QED) is 0.436. The first-order valence-electron chi connectivity index (χ1n) is 8.99. The minimum Gasteiger partial charge on any atom is -0.478 e. The second kappa shape index (κ2) is 7.67. The molecule has 4 aromatic rings. The van der Waals surface area contributed by atoms with Gasteiger partial charge in [0.25, 0.3) is 5.91 Å².